The highest BCUT2D eigenvalue weighted by molar-refractivity contribution is 6.59. The molecule has 264 valence electrons. The summed E-state index contributed by atoms with van der Waals surface area (Å²) in [7, 11) is -1.78. The van der Waals surface area contributed by atoms with E-state index >= 15 is 0 Å². The lowest BCUT2D eigenvalue weighted by Crippen LogP contribution is -2.33. The molecule has 54 heavy (non-hydrogen) atoms. The van der Waals surface area contributed by atoms with Crippen LogP contribution in [0.1, 0.15) is 21.5 Å². The van der Waals surface area contributed by atoms with Crippen LogP contribution in [0.3, 0.4) is 0 Å². The number of hydrogen-bond donors (Lipinski definition) is 5. The van der Waals surface area contributed by atoms with Crippen molar-refractivity contribution in [2.45, 2.75) is 13.1 Å². The first kappa shape index (κ1) is 34.8. The molecule has 1 heterocycles. The van der Waals surface area contributed by atoms with Crippen molar-refractivity contribution in [2.75, 3.05) is 12.4 Å². The first-order valence-corrected chi connectivity index (χ1v) is 17.5. The van der Waals surface area contributed by atoms with Crippen molar-refractivity contribution >= 4 is 80.3 Å². The van der Waals surface area contributed by atoms with Gasteiger partial charge in [0.1, 0.15) is 11.2 Å². The normalized spacial score (nSPS) is 11.8. The number of hydrogen-bond acceptors (Lipinski definition) is 9. The Balaban J connectivity index is 1.29. The van der Waals surface area contributed by atoms with Crippen molar-refractivity contribution in [3.63, 3.8) is 0 Å². The number of anilines is 1. The van der Waals surface area contributed by atoms with E-state index in [1.807, 2.05) is 103 Å². The van der Waals surface area contributed by atoms with Gasteiger partial charge in [-0.3, -0.25) is 4.99 Å². The van der Waals surface area contributed by atoms with Crippen LogP contribution in [-0.4, -0.2) is 47.4 Å². The van der Waals surface area contributed by atoms with E-state index in [1.54, 1.807) is 30.3 Å². The molecule has 7 aromatic carbocycles. The molecule has 0 atom stereocenters. The van der Waals surface area contributed by atoms with Crippen LogP contribution in [0.15, 0.2) is 143 Å². The van der Waals surface area contributed by atoms with Gasteiger partial charge in [0.25, 0.3) is 0 Å². The number of benzene rings is 7. The van der Waals surface area contributed by atoms with E-state index in [9.17, 15) is 24.9 Å². The van der Waals surface area contributed by atoms with Crippen LogP contribution in [-0.2, 0) is 17.8 Å². The van der Waals surface area contributed by atoms with E-state index < -0.39 is 20.2 Å². The Kier molecular flexibility index (Phi) is 9.45. The number of carbonyl (C=O) groups is 1. The summed E-state index contributed by atoms with van der Waals surface area (Å²) in [6, 6.07) is 41.6. The second kappa shape index (κ2) is 14.7. The smallest absolute Gasteiger partial charge is 0.465 e. The van der Waals surface area contributed by atoms with Gasteiger partial charge in [-0.15, -0.1) is 0 Å². The summed E-state index contributed by atoms with van der Waals surface area (Å²) in [5, 5.41) is 48.6. The SMILES string of the molecule is COC(=O)c1ccccc1-c1c2ccc3cc(NCc4ccccc4B(O)O)ccc3c2oc2c1ccc1c/c(=N\Cc3ccccc3B(O)O)ccc12. The maximum Gasteiger partial charge on any atom is 0.488 e. The summed E-state index contributed by atoms with van der Waals surface area (Å²) in [5.41, 5.74) is 6.49. The van der Waals surface area contributed by atoms with Crippen LogP contribution >= 0.6 is 0 Å². The summed E-state index contributed by atoms with van der Waals surface area (Å²) < 4.78 is 12.1. The number of esters is 1. The first-order valence-electron chi connectivity index (χ1n) is 17.5. The zero-order valence-electron chi connectivity index (χ0n) is 29.2. The molecule has 1 aromatic heterocycles. The van der Waals surface area contributed by atoms with E-state index in [2.05, 4.69) is 5.32 Å². The lowest BCUT2D eigenvalue weighted by Gasteiger charge is -2.17. The molecule has 0 saturated carbocycles. The maximum atomic E-state index is 13.1. The zero-order valence-corrected chi connectivity index (χ0v) is 29.2. The third-order valence-corrected chi connectivity index (χ3v) is 9.85. The molecule has 0 aliphatic rings. The van der Waals surface area contributed by atoms with E-state index in [1.165, 1.54) is 7.11 Å². The summed E-state index contributed by atoms with van der Waals surface area (Å²) >= 11 is 0. The minimum absolute atomic E-state index is 0.273. The Morgan fingerprint density at radius 2 is 1.24 bits per heavy atom. The highest BCUT2D eigenvalue weighted by Crippen LogP contribution is 2.43. The van der Waals surface area contributed by atoms with E-state index in [4.69, 9.17) is 14.1 Å². The minimum atomic E-state index is -1.59. The van der Waals surface area contributed by atoms with Crippen molar-refractivity contribution in [2.24, 2.45) is 4.99 Å². The molecule has 0 radical (unpaired) electrons. The van der Waals surface area contributed by atoms with Crippen molar-refractivity contribution in [3.05, 3.63) is 156 Å². The van der Waals surface area contributed by atoms with E-state index in [0.29, 0.717) is 39.8 Å². The van der Waals surface area contributed by atoms with Gasteiger partial charge in [0.05, 0.1) is 24.6 Å². The molecule has 11 heteroatoms. The first-order chi connectivity index (χ1) is 26.3. The summed E-state index contributed by atoms with van der Waals surface area (Å²) in [6.45, 7) is 0.668. The summed E-state index contributed by atoms with van der Waals surface area (Å²) in [6.07, 6.45) is 0. The summed E-state index contributed by atoms with van der Waals surface area (Å²) in [4.78, 5) is 17.9. The molecule has 0 saturated heterocycles. The molecule has 0 unspecified atom stereocenters. The molecule has 9 nitrogen and oxygen atoms in total. The molecule has 8 rings (SSSR count). The van der Waals surface area contributed by atoms with Crippen molar-refractivity contribution in [3.8, 4) is 11.1 Å². The second-order valence-electron chi connectivity index (χ2n) is 13.1. The standard InChI is InChI=1S/C43H34B2N2O7/c1-53-43(48)35-11-5-4-10-34(35)40-36-18-14-26-22-30(46-24-28-8-2-6-12-38(28)44(49)50)16-20-32(26)41(36)54-42-33-21-17-31(23-27(33)15-19-37(40)42)47-25-29-9-3-7-13-39(29)45(51)52/h2-23,46,49-52H,24-25H2,1H3/b47-31-. The van der Waals surface area contributed by atoms with Gasteiger partial charge in [0.2, 0.25) is 0 Å². The quantitative estimate of drug-likeness (QED) is 0.0578. The van der Waals surface area contributed by atoms with Crippen LogP contribution in [0.25, 0.3) is 54.6 Å². The zero-order chi connectivity index (χ0) is 37.3. The fourth-order valence-corrected chi connectivity index (χ4v) is 7.19. The predicted octanol–water partition coefficient (Wildman–Crippen LogP) is 5.42. The van der Waals surface area contributed by atoms with Gasteiger partial charge >= 0.3 is 20.2 Å². The molecule has 8 aromatic rings. The molecule has 0 amide bonds. The number of nitrogens with one attached hydrogen (secondary N) is 1. The van der Waals surface area contributed by atoms with Gasteiger partial charge in [0.15, 0.2) is 0 Å². The molecule has 0 bridgehead atoms. The van der Waals surface area contributed by atoms with E-state index in [-0.39, 0.29) is 6.54 Å². The highest BCUT2D eigenvalue weighted by atomic mass is 16.5. The number of nitrogens with zero attached hydrogens (tertiary/aromatic N) is 1. The van der Waals surface area contributed by atoms with Gasteiger partial charge in [-0.1, -0.05) is 78.9 Å². The highest BCUT2D eigenvalue weighted by Gasteiger charge is 2.22. The van der Waals surface area contributed by atoms with Crippen LogP contribution < -0.4 is 21.6 Å². The lowest BCUT2D eigenvalue weighted by molar-refractivity contribution is 0.0601. The van der Waals surface area contributed by atoms with Gasteiger partial charge in [-0.25, -0.2) is 4.79 Å². The third kappa shape index (κ3) is 6.50. The predicted molar refractivity (Wildman–Crippen MR) is 215 cm³/mol. The van der Waals surface area contributed by atoms with Gasteiger partial charge in [-0.2, -0.15) is 0 Å². The van der Waals surface area contributed by atoms with E-state index in [0.717, 1.165) is 60.1 Å². The molecule has 0 aliphatic heterocycles. The lowest BCUT2D eigenvalue weighted by atomic mass is 9.77. The van der Waals surface area contributed by atoms with Crippen molar-refractivity contribution in [1.82, 2.24) is 0 Å². The van der Waals surface area contributed by atoms with Gasteiger partial charge < -0.3 is 34.6 Å². The van der Waals surface area contributed by atoms with Gasteiger partial charge in [-0.05, 0) is 93.0 Å². The second-order valence-corrected chi connectivity index (χ2v) is 13.1. The molecular weight excluding hydrogens is 678 g/mol. The average molecular weight is 712 g/mol. The van der Waals surface area contributed by atoms with Crippen LogP contribution in [0.5, 0.6) is 0 Å². The number of methoxy groups -OCH3 is 1. The topological polar surface area (TPSA) is 145 Å². The fourth-order valence-electron chi connectivity index (χ4n) is 7.19. The van der Waals surface area contributed by atoms with Crippen LogP contribution in [0, 0.1) is 0 Å². The molecule has 0 spiro atoms. The largest absolute Gasteiger partial charge is 0.488 e. The monoisotopic (exact) mass is 712 g/mol. The minimum Gasteiger partial charge on any atom is -0.465 e. The Labute approximate surface area is 310 Å². The number of ether oxygens (including phenoxy) is 1. The third-order valence-electron chi connectivity index (χ3n) is 9.85. The average Bonchev–Trinajstić information content (AvgIpc) is 3.20. The molecular formula is C43H34B2N2O7. The number of rotatable bonds is 9. The Bertz CT molecular complexity index is 2800. The summed E-state index contributed by atoms with van der Waals surface area (Å²) in [5.74, 6) is -0.443. The van der Waals surface area contributed by atoms with Crippen molar-refractivity contribution < 1.29 is 34.0 Å². The fraction of sp³-hybridized carbons (Fsp3) is 0.0698. The van der Waals surface area contributed by atoms with Gasteiger partial charge in [0, 0.05) is 39.3 Å². The Morgan fingerprint density at radius 3 is 1.93 bits per heavy atom. The number of carbonyl (C=O) groups excluding carboxylic acids is 1. The Hall–Kier alpha value is -6.23. The van der Waals surface area contributed by atoms with Crippen molar-refractivity contribution in [1.29, 1.82) is 0 Å². The Morgan fingerprint density at radius 1 is 0.667 bits per heavy atom. The molecule has 0 fully saturated rings. The maximum absolute atomic E-state index is 13.1. The number of fused-ring (bicyclic) bond motifs is 6. The molecule has 0 aliphatic carbocycles. The molecule has 5 N–H and O–H groups in total. The van der Waals surface area contributed by atoms with Crippen LogP contribution in [0.2, 0.25) is 0 Å². The van der Waals surface area contributed by atoms with Crippen LogP contribution in [0.4, 0.5) is 5.69 Å².